The van der Waals surface area contributed by atoms with E-state index in [9.17, 15) is 9.59 Å². The fourth-order valence-electron chi connectivity index (χ4n) is 3.41. The Balaban J connectivity index is 1.66. The Kier molecular flexibility index (Phi) is 3.45. The molecule has 5 nitrogen and oxygen atoms in total. The van der Waals surface area contributed by atoms with Crippen molar-refractivity contribution in [3.05, 3.63) is 29.3 Å². The number of hydrogen-bond acceptors (Lipinski definition) is 3. The molecule has 1 aromatic rings. The van der Waals surface area contributed by atoms with Gasteiger partial charge in [-0.2, -0.15) is 0 Å². The number of amides is 1. The molecule has 1 heterocycles. The summed E-state index contributed by atoms with van der Waals surface area (Å²) in [5.41, 5.74) is 1.83. The van der Waals surface area contributed by atoms with Crippen molar-refractivity contribution in [2.45, 2.75) is 26.2 Å². The number of rotatable bonds is 3. The second-order valence-electron chi connectivity index (χ2n) is 6.19. The van der Waals surface area contributed by atoms with Gasteiger partial charge in [0.05, 0.1) is 5.56 Å². The molecule has 0 aromatic heterocycles. The Morgan fingerprint density at radius 2 is 2.05 bits per heavy atom. The highest BCUT2D eigenvalue weighted by Crippen LogP contribution is 2.58. The maximum Gasteiger partial charge on any atom is 0.335 e. The first-order chi connectivity index (χ1) is 10.0. The summed E-state index contributed by atoms with van der Waals surface area (Å²) < 4.78 is 0. The summed E-state index contributed by atoms with van der Waals surface area (Å²) in [6.07, 6.45) is 3.12. The van der Waals surface area contributed by atoms with Gasteiger partial charge in [-0.3, -0.25) is 4.79 Å². The highest BCUT2D eigenvalue weighted by atomic mass is 16.4. The lowest BCUT2D eigenvalue weighted by Crippen LogP contribution is -2.31. The van der Waals surface area contributed by atoms with Gasteiger partial charge in [0, 0.05) is 11.6 Å². The molecule has 1 amide bonds. The van der Waals surface area contributed by atoms with Crippen LogP contribution in [-0.4, -0.2) is 30.1 Å². The van der Waals surface area contributed by atoms with Crippen molar-refractivity contribution in [1.82, 2.24) is 5.32 Å². The van der Waals surface area contributed by atoms with Crippen LogP contribution in [-0.2, 0) is 4.79 Å². The van der Waals surface area contributed by atoms with Crippen LogP contribution >= 0.6 is 0 Å². The number of aryl methyl sites for hydroxylation is 1. The molecular weight excluding hydrogens is 268 g/mol. The summed E-state index contributed by atoms with van der Waals surface area (Å²) in [7, 11) is 0. The van der Waals surface area contributed by atoms with Gasteiger partial charge in [0.25, 0.3) is 0 Å². The molecule has 1 saturated heterocycles. The molecule has 2 aliphatic rings. The predicted octanol–water partition coefficient (Wildman–Crippen LogP) is 2.02. The van der Waals surface area contributed by atoms with Crippen LogP contribution in [0.25, 0.3) is 0 Å². The Hall–Kier alpha value is -1.88. The summed E-state index contributed by atoms with van der Waals surface area (Å²) in [5.74, 6) is -0.764. The molecule has 5 heteroatoms. The van der Waals surface area contributed by atoms with E-state index in [2.05, 4.69) is 10.6 Å². The number of piperidine rings is 1. The molecule has 1 aliphatic heterocycles. The second-order valence-corrected chi connectivity index (χ2v) is 6.19. The average molecular weight is 288 g/mol. The van der Waals surface area contributed by atoms with Crippen molar-refractivity contribution in [2.75, 3.05) is 18.4 Å². The van der Waals surface area contributed by atoms with E-state index >= 15 is 0 Å². The van der Waals surface area contributed by atoms with Crippen molar-refractivity contribution in [3.8, 4) is 0 Å². The molecule has 1 saturated carbocycles. The normalized spacial score (nSPS) is 22.8. The lowest BCUT2D eigenvalue weighted by atomic mass is 9.92. The van der Waals surface area contributed by atoms with Gasteiger partial charge in [-0.25, -0.2) is 4.79 Å². The first kappa shape index (κ1) is 14.1. The van der Waals surface area contributed by atoms with Crippen LogP contribution in [0, 0.1) is 18.3 Å². The fourth-order valence-corrected chi connectivity index (χ4v) is 3.41. The largest absolute Gasteiger partial charge is 0.478 e. The number of anilines is 1. The number of carboxylic acids is 1. The summed E-state index contributed by atoms with van der Waals surface area (Å²) in [4.78, 5) is 23.3. The van der Waals surface area contributed by atoms with Gasteiger partial charge < -0.3 is 15.7 Å². The third-order valence-electron chi connectivity index (χ3n) is 4.83. The maximum absolute atomic E-state index is 12.3. The van der Waals surface area contributed by atoms with E-state index in [-0.39, 0.29) is 22.8 Å². The molecular formula is C16H20N2O3. The van der Waals surface area contributed by atoms with Crippen molar-refractivity contribution < 1.29 is 14.7 Å². The lowest BCUT2D eigenvalue weighted by Gasteiger charge is -2.23. The van der Waals surface area contributed by atoms with Crippen LogP contribution in [0.3, 0.4) is 0 Å². The molecule has 112 valence electrons. The van der Waals surface area contributed by atoms with Crippen molar-refractivity contribution >= 4 is 17.6 Å². The second kappa shape index (κ2) is 5.15. The van der Waals surface area contributed by atoms with E-state index in [1.165, 1.54) is 0 Å². The molecule has 0 radical (unpaired) electrons. The molecule has 1 unspecified atom stereocenters. The van der Waals surface area contributed by atoms with Gasteiger partial charge in [-0.05, 0) is 68.5 Å². The van der Waals surface area contributed by atoms with Crippen molar-refractivity contribution in [2.24, 2.45) is 11.3 Å². The van der Waals surface area contributed by atoms with Crippen LogP contribution in [0.4, 0.5) is 5.69 Å². The lowest BCUT2D eigenvalue weighted by molar-refractivity contribution is -0.118. The van der Waals surface area contributed by atoms with Crippen molar-refractivity contribution in [1.29, 1.82) is 0 Å². The van der Waals surface area contributed by atoms with Crippen LogP contribution in [0.5, 0.6) is 0 Å². The number of aromatic carboxylic acids is 1. The summed E-state index contributed by atoms with van der Waals surface area (Å²) in [5, 5.41) is 15.3. The predicted molar refractivity (Wildman–Crippen MR) is 79.4 cm³/mol. The summed E-state index contributed by atoms with van der Waals surface area (Å²) >= 11 is 0. The summed E-state index contributed by atoms with van der Waals surface area (Å²) in [6.45, 7) is 3.73. The Morgan fingerprint density at radius 3 is 2.67 bits per heavy atom. The first-order valence-corrected chi connectivity index (χ1v) is 7.37. The molecule has 1 atom stereocenters. The van der Waals surface area contributed by atoms with Gasteiger partial charge in [0.1, 0.15) is 0 Å². The van der Waals surface area contributed by atoms with E-state index in [0.29, 0.717) is 11.3 Å². The smallest absolute Gasteiger partial charge is 0.335 e. The SMILES string of the molecule is Cc1cc(NC(=O)C2CC23CCNCC3)ccc1C(=O)O. The standard InChI is InChI=1S/C16H20N2O3/c1-10-8-11(2-3-12(10)15(20)21)18-14(19)13-9-16(13)4-6-17-7-5-16/h2-3,8,13,17H,4-7,9H2,1H3,(H,18,19)(H,20,21). The van der Waals surface area contributed by atoms with E-state index in [4.69, 9.17) is 5.11 Å². The molecule has 1 aromatic carbocycles. The zero-order valence-corrected chi connectivity index (χ0v) is 12.1. The van der Waals surface area contributed by atoms with E-state index in [1.807, 2.05) is 0 Å². The number of carboxylic acid groups (broad SMARTS) is 1. The summed E-state index contributed by atoms with van der Waals surface area (Å²) in [6, 6.07) is 4.92. The van der Waals surface area contributed by atoms with Gasteiger partial charge in [0.15, 0.2) is 0 Å². The Morgan fingerprint density at radius 1 is 1.33 bits per heavy atom. The third kappa shape index (κ3) is 2.65. The number of carbonyl (C=O) groups is 2. The molecule has 3 N–H and O–H groups in total. The molecule has 1 spiro atoms. The number of nitrogens with one attached hydrogen (secondary N) is 2. The minimum absolute atomic E-state index is 0.0689. The number of benzene rings is 1. The van der Waals surface area contributed by atoms with Crippen LogP contribution < -0.4 is 10.6 Å². The monoisotopic (exact) mass is 288 g/mol. The first-order valence-electron chi connectivity index (χ1n) is 7.37. The van der Waals surface area contributed by atoms with Gasteiger partial charge in [0.2, 0.25) is 5.91 Å². The van der Waals surface area contributed by atoms with Crippen LogP contribution in [0.1, 0.15) is 35.2 Å². The van der Waals surface area contributed by atoms with Gasteiger partial charge >= 0.3 is 5.97 Å². The van der Waals surface area contributed by atoms with Crippen molar-refractivity contribution in [3.63, 3.8) is 0 Å². The quantitative estimate of drug-likeness (QED) is 0.795. The maximum atomic E-state index is 12.3. The van der Waals surface area contributed by atoms with E-state index in [1.54, 1.807) is 25.1 Å². The Bertz CT molecular complexity index is 591. The zero-order valence-electron chi connectivity index (χ0n) is 12.1. The third-order valence-corrected chi connectivity index (χ3v) is 4.83. The molecule has 1 aliphatic carbocycles. The zero-order chi connectivity index (χ0) is 15.0. The van der Waals surface area contributed by atoms with E-state index < -0.39 is 5.97 Å². The minimum Gasteiger partial charge on any atom is -0.478 e. The molecule has 0 bridgehead atoms. The van der Waals surface area contributed by atoms with Crippen LogP contribution in [0.15, 0.2) is 18.2 Å². The van der Waals surface area contributed by atoms with Crippen LogP contribution in [0.2, 0.25) is 0 Å². The van der Waals surface area contributed by atoms with Gasteiger partial charge in [-0.1, -0.05) is 0 Å². The van der Waals surface area contributed by atoms with Gasteiger partial charge in [-0.15, -0.1) is 0 Å². The topological polar surface area (TPSA) is 78.4 Å². The minimum atomic E-state index is -0.943. The van der Waals surface area contributed by atoms with E-state index in [0.717, 1.165) is 32.4 Å². The molecule has 3 rings (SSSR count). The highest BCUT2D eigenvalue weighted by Gasteiger charge is 2.57. The Labute approximate surface area is 123 Å². The number of hydrogen-bond donors (Lipinski definition) is 3. The highest BCUT2D eigenvalue weighted by molar-refractivity contribution is 5.96. The number of carbonyl (C=O) groups excluding carboxylic acids is 1. The average Bonchev–Trinajstić information content (AvgIpc) is 3.13. The molecule has 21 heavy (non-hydrogen) atoms. The fraction of sp³-hybridized carbons (Fsp3) is 0.500. The molecule has 2 fully saturated rings.